The molecule has 0 fully saturated rings. The van der Waals surface area contributed by atoms with Crippen molar-refractivity contribution in [3.05, 3.63) is 46.2 Å². The number of methoxy groups -OCH3 is 1. The Bertz CT molecular complexity index is 646. The summed E-state index contributed by atoms with van der Waals surface area (Å²) in [7, 11) is 1.45. The number of aromatic amines is 1. The van der Waals surface area contributed by atoms with Crippen LogP contribution in [0.1, 0.15) is 10.4 Å². The van der Waals surface area contributed by atoms with Crippen LogP contribution in [0.3, 0.4) is 0 Å². The summed E-state index contributed by atoms with van der Waals surface area (Å²) in [6.07, 6.45) is 0. The molecule has 1 amide bonds. The van der Waals surface area contributed by atoms with Crippen molar-refractivity contribution in [2.75, 3.05) is 18.2 Å². The Morgan fingerprint density at radius 1 is 1.37 bits per heavy atom. The Morgan fingerprint density at radius 3 is 2.79 bits per heavy atom. The largest absolute Gasteiger partial charge is 0.496 e. The van der Waals surface area contributed by atoms with Crippen molar-refractivity contribution in [2.45, 2.75) is 0 Å². The van der Waals surface area contributed by atoms with E-state index in [0.29, 0.717) is 17.0 Å². The summed E-state index contributed by atoms with van der Waals surface area (Å²) < 4.78 is 5.09. The maximum Gasteiger partial charge on any atom is 0.264 e. The van der Waals surface area contributed by atoms with Gasteiger partial charge in [0.25, 0.3) is 11.5 Å². The van der Waals surface area contributed by atoms with Crippen molar-refractivity contribution in [1.29, 1.82) is 0 Å². The van der Waals surface area contributed by atoms with Gasteiger partial charge >= 0.3 is 0 Å². The van der Waals surface area contributed by atoms with E-state index in [4.69, 9.17) is 10.5 Å². The molecule has 0 aliphatic carbocycles. The van der Waals surface area contributed by atoms with E-state index in [-0.39, 0.29) is 11.4 Å². The van der Waals surface area contributed by atoms with Crippen LogP contribution in [0.5, 0.6) is 5.75 Å². The summed E-state index contributed by atoms with van der Waals surface area (Å²) in [5, 5.41) is 8.44. The third-order valence-corrected chi connectivity index (χ3v) is 2.39. The fourth-order valence-corrected chi connectivity index (χ4v) is 1.49. The maximum atomic E-state index is 12.0. The van der Waals surface area contributed by atoms with Crippen molar-refractivity contribution < 1.29 is 9.53 Å². The summed E-state index contributed by atoms with van der Waals surface area (Å²) >= 11 is 0. The Labute approximate surface area is 108 Å². The number of nitrogens with two attached hydrogens (primary N) is 1. The monoisotopic (exact) mass is 260 g/mol. The van der Waals surface area contributed by atoms with E-state index >= 15 is 0 Å². The molecule has 1 aromatic carbocycles. The van der Waals surface area contributed by atoms with Crippen LogP contribution in [-0.2, 0) is 0 Å². The number of aromatic nitrogens is 2. The number of nitrogens with one attached hydrogen (secondary N) is 2. The summed E-state index contributed by atoms with van der Waals surface area (Å²) in [5.41, 5.74) is 6.08. The van der Waals surface area contributed by atoms with Crippen molar-refractivity contribution >= 4 is 17.4 Å². The summed E-state index contributed by atoms with van der Waals surface area (Å²) in [5.74, 6) is 0.196. The van der Waals surface area contributed by atoms with Gasteiger partial charge in [0.2, 0.25) is 0 Å². The number of carbonyl (C=O) groups is 1. The Balaban J connectivity index is 2.24. The number of hydrogen-bond donors (Lipinski definition) is 3. The second-order valence-electron chi connectivity index (χ2n) is 3.72. The first-order valence-electron chi connectivity index (χ1n) is 5.41. The van der Waals surface area contributed by atoms with Crippen LogP contribution in [0.2, 0.25) is 0 Å². The molecule has 0 aliphatic heterocycles. The van der Waals surface area contributed by atoms with Gasteiger partial charge in [0, 0.05) is 17.8 Å². The number of nitrogens with zero attached hydrogens (tertiary/aromatic N) is 1. The maximum absolute atomic E-state index is 12.0. The molecule has 2 rings (SSSR count). The first-order valence-corrected chi connectivity index (χ1v) is 5.41. The summed E-state index contributed by atoms with van der Waals surface area (Å²) in [6, 6.07) is 7.37. The number of anilines is 2. The zero-order valence-electron chi connectivity index (χ0n) is 10.1. The minimum atomic E-state index is -0.406. The first-order chi connectivity index (χ1) is 9.10. The fraction of sp³-hybridized carbons (Fsp3) is 0.0833. The molecule has 7 heteroatoms. The molecule has 0 saturated heterocycles. The second kappa shape index (κ2) is 5.21. The number of H-pyrrole nitrogens is 1. The lowest BCUT2D eigenvalue weighted by Gasteiger charge is -2.09. The average molecular weight is 260 g/mol. The first kappa shape index (κ1) is 12.6. The zero-order valence-corrected chi connectivity index (χ0v) is 10.1. The lowest BCUT2D eigenvalue weighted by atomic mass is 10.1. The molecule has 0 spiro atoms. The van der Waals surface area contributed by atoms with Gasteiger partial charge in [0.1, 0.15) is 5.75 Å². The third kappa shape index (κ3) is 2.89. The van der Waals surface area contributed by atoms with Gasteiger partial charge in [-0.25, -0.2) is 5.10 Å². The summed E-state index contributed by atoms with van der Waals surface area (Å²) in [6.45, 7) is 0. The molecule has 1 aromatic heterocycles. The van der Waals surface area contributed by atoms with Gasteiger partial charge in [0.15, 0.2) is 5.82 Å². The van der Waals surface area contributed by atoms with E-state index in [1.54, 1.807) is 18.2 Å². The summed E-state index contributed by atoms with van der Waals surface area (Å²) in [4.78, 5) is 22.9. The topological polar surface area (TPSA) is 110 Å². The number of benzene rings is 1. The van der Waals surface area contributed by atoms with Gasteiger partial charge in [0.05, 0.1) is 12.7 Å². The van der Waals surface area contributed by atoms with Crippen LogP contribution in [0.15, 0.2) is 35.1 Å². The van der Waals surface area contributed by atoms with Crippen LogP contribution in [0.4, 0.5) is 11.5 Å². The predicted octanol–water partition coefficient (Wildman–Crippen LogP) is 0.613. The number of nitrogen functional groups attached to an aromatic ring is 1. The molecule has 0 atom stereocenters. The molecule has 0 unspecified atom stereocenters. The predicted molar refractivity (Wildman–Crippen MR) is 70.2 cm³/mol. The number of hydrogen-bond acceptors (Lipinski definition) is 5. The van der Waals surface area contributed by atoms with E-state index in [0.717, 1.165) is 0 Å². The van der Waals surface area contributed by atoms with E-state index in [1.807, 2.05) is 0 Å². The Hall–Kier alpha value is -2.83. The van der Waals surface area contributed by atoms with Gasteiger partial charge in [-0.3, -0.25) is 9.59 Å². The highest BCUT2D eigenvalue weighted by Crippen LogP contribution is 2.22. The lowest BCUT2D eigenvalue weighted by Crippen LogP contribution is -2.16. The highest BCUT2D eigenvalue weighted by atomic mass is 16.5. The van der Waals surface area contributed by atoms with Gasteiger partial charge in [-0.15, -0.1) is 0 Å². The highest BCUT2D eigenvalue weighted by molar-refractivity contribution is 6.05. The SMILES string of the molecule is COc1cc(N)ccc1C(=O)Nc1ccc(=O)[nH]n1. The van der Waals surface area contributed by atoms with E-state index < -0.39 is 5.91 Å². The van der Waals surface area contributed by atoms with E-state index in [1.165, 1.54) is 19.2 Å². The molecule has 0 aliphatic rings. The zero-order chi connectivity index (χ0) is 13.8. The van der Waals surface area contributed by atoms with Gasteiger partial charge < -0.3 is 15.8 Å². The van der Waals surface area contributed by atoms with Crippen molar-refractivity contribution in [2.24, 2.45) is 0 Å². The molecule has 0 radical (unpaired) electrons. The smallest absolute Gasteiger partial charge is 0.264 e. The third-order valence-electron chi connectivity index (χ3n) is 2.39. The molecule has 4 N–H and O–H groups in total. The molecule has 7 nitrogen and oxygen atoms in total. The molecule has 19 heavy (non-hydrogen) atoms. The van der Waals surface area contributed by atoms with Crippen LogP contribution < -0.4 is 21.3 Å². The molecule has 98 valence electrons. The molecular formula is C12H12N4O3. The number of amides is 1. The van der Waals surface area contributed by atoms with Crippen LogP contribution in [0, 0.1) is 0 Å². The molecule has 0 saturated carbocycles. The number of ether oxygens (including phenoxy) is 1. The minimum absolute atomic E-state index is 0.239. The van der Waals surface area contributed by atoms with E-state index in [9.17, 15) is 9.59 Å². The van der Waals surface area contributed by atoms with Crippen LogP contribution >= 0.6 is 0 Å². The van der Waals surface area contributed by atoms with Gasteiger partial charge in [-0.1, -0.05) is 0 Å². The average Bonchev–Trinajstić information content (AvgIpc) is 2.41. The van der Waals surface area contributed by atoms with Crippen molar-refractivity contribution in [3.8, 4) is 5.75 Å². The second-order valence-corrected chi connectivity index (χ2v) is 3.72. The molecule has 0 bridgehead atoms. The number of carbonyl (C=O) groups excluding carboxylic acids is 1. The molecular weight excluding hydrogens is 248 g/mol. The van der Waals surface area contributed by atoms with Gasteiger partial charge in [-0.2, -0.15) is 5.10 Å². The van der Waals surface area contributed by atoms with Crippen molar-refractivity contribution in [3.63, 3.8) is 0 Å². The Morgan fingerprint density at radius 2 is 2.16 bits per heavy atom. The molecule has 2 aromatic rings. The lowest BCUT2D eigenvalue weighted by molar-refractivity contribution is 0.102. The fourth-order valence-electron chi connectivity index (χ4n) is 1.49. The molecule has 1 heterocycles. The quantitative estimate of drug-likeness (QED) is 0.700. The van der Waals surface area contributed by atoms with Crippen LogP contribution in [-0.4, -0.2) is 23.2 Å². The minimum Gasteiger partial charge on any atom is -0.496 e. The normalized spacial score (nSPS) is 9.95. The van der Waals surface area contributed by atoms with Crippen LogP contribution in [0.25, 0.3) is 0 Å². The van der Waals surface area contributed by atoms with Gasteiger partial charge in [-0.05, 0) is 18.2 Å². The number of rotatable bonds is 3. The Kier molecular flexibility index (Phi) is 3.46. The standard InChI is InChI=1S/C12H12N4O3/c1-19-9-6-7(13)2-3-8(9)12(18)14-10-4-5-11(17)16-15-10/h2-6H,13H2,1H3,(H,16,17)(H,14,15,18). The van der Waals surface area contributed by atoms with Crippen molar-refractivity contribution in [1.82, 2.24) is 10.2 Å². The van der Waals surface area contributed by atoms with E-state index in [2.05, 4.69) is 15.5 Å². The highest BCUT2D eigenvalue weighted by Gasteiger charge is 2.13.